The first-order chi connectivity index (χ1) is 8.19. The lowest BCUT2D eigenvalue weighted by molar-refractivity contribution is -0.135. The molecule has 2 atom stereocenters. The molecule has 1 saturated heterocycles. The van der Waals surface area contributed by atoms with E-state index >= 15 is 0 Å². The quantitative estimate of drug-likeness (QED) is 0.737. The van der Waals surface area contributed by atoms with Crippen LogP contribution in [0.5, 0.6) is 0 Å². The largest absolute Gasteiger partial charge is 0.396 e. The van der Waals surface area contributed by atoms with E-state index < -0.39 is 0 Å². The number of amides is 1. The van der Waals surface area contributed by atoms with E-state index in [0.717, 1.165) is 38.6 Å². The molecule has 0 saturated carbocycles. The Morgan fingerprint density at radius 1 is 1.53 bits per heavy atom. The summed E-state index contributed by atoms with van der Waals surface area (Å²) < 4.78 is 0. The summed E-state index contributed by atoms with van der Waals surface area (Å²) in [6.07, 6.45) is 6.35. The number of likely N-dealkylation sites (tertiary alicyclic amines) is 1. The second-order valence-corrected chi connectivity index (χ2v) is 5.00. The van der Waals surface area contributed by atoms with Crippen LogP contribution in [0.2, 0.25) is 0 Å². The van der Waals surface area contributed by atoms with Gasteiger partial charge in [-0.1, -0.05) is 13.3 Å². The summed E-state index contributed by atoms with van der Waals surface area (Å²) >= 11 is 0. The zero-order valence-corrected chi connectivity index (χ0v) is 10.9. The fraction of sp³-hybridized carbons (Fsp3) is 0.923. The fourth-order valence-electron chi connectivity index (χ4n) is 2.59. The standard InChI is InChI=1S/C13H26N2O2/c1-2-5-11(14)10-13(17)15-8-4-3-6-12(15)7-9-16/h11-12,16H,2-10,14H2,1H3. The number of piperidine rings is 1. The van der Waals surface area contributed by atoms with Crippen molar-refractivity contribution in [3.63, 3.8) is 0 Å². The molecule has 0 aromatic carbocycles. The third-order valence-corrected chi connectivity index (χ3v) is 3.51. The maximum atomic E-state index is 12.1. The van der Waals surface area contributed by atoms with E-state index in [0.29, 0.717) is 12.8 Å². The second kappa shape index (κ2) is 7.67. The maximum Gasteiger partial charge on any atom is 0.224 e. The van der Waals surface area contributed by atoms with Gasteiger partial charge in [-0.15, -0.1) is 0 Å². The molecule has 1 aliphatic rings. The van der Waals surface area contributed by atoms with E-state index in [-0.39, 0.29) is 24.6 Å². The van der Waals surface area contributed by atoms with E-state index in [1.165, 1.54) is 0 Å². The molecule has 17 heavy (non-hydrogen) atoms. The highest BCUT2D eigenvalue weighted by atomic mass is 16.3. The van der Waals surface area contributed by atoms with Crippen LogP contribution in [0.4, 0.5) is 0 Å². The number of nitrogens with zero attached hydrogens (tertiary/aromatic N) is 1. The van der Waals surface area contributed by atoms with E-state index in [2.05, 4.69) is 6.92 Å². The molecular weight excluding hydrogens is 216 g/mol. The summed E-state index contributed by atoms with van der Waals surface area (Å²) in [5.74, 6) is 0.170. The van der Waals surface area contributed by atoms with E-state index in [1.54, 1.807) is 0 Å². The summed E-state index contributed by atoms with van der Waals surface area (Å²) in [5.41, 5.74) is 5.91. The van der Waals surface area contributed by atoms with Gasteiger partial charge >= 0.3 is 0 Å². The highest BCUT2D eigenvalue weighted by molar-refractivity contribution is 5.77. The Hall–Kier alpha value is -0.610. The Morgan fingerprint density at radius 2 is 2.29 bits per heavy atom. The summed E-state index contributed by atoms with van der Waals surface area (Å²) in [4.78, 5) is 14.1. The van der Waals surface area contributed by atoms with Crippen LogP contribution < -0.4 is 5.73 Å². The van der Waals surface area contributed by atoms with Gasteiger partial charge in [0.05, 0.1) is 0 Å². The van der Waals surface area contributed by atoms with Crippen molar-refractivity contribution in [2.75, 3.05) is 13.2 Å². The first kappa shape index (κ1) is 14.5. The van der Waals surface area contributed by atoms with Crippen molar-refractivity contribution in [1.82, 2.24) is 4.90 Å². The van der Waals surface area contributed by atoms with Crippen LogP contribution in [0.15, 0.2) is 0 Å². The lowest BCUT2D eigenvalue weighted by atomic mass is 9.98. The molecule has 100 valence electrons. The van der Waals surface area contributed by atoms with E-state index in [1.807, 2.05) is 4.90 Å². The lowest BCUT2D eigenvalue weighted by Crippen LogP contribution is -2.45. The molecule has 0 aliphatic carbocycles. The number of carbonyl (C=O) groups is 1. The Balaban J connectivity index is 2.46. The monoisotopic (exact) mass is 242 g/mol. The zero-order chi connectivity index (χ0) is 12.7. The molecular formula is C13H26N2O2. The van der Waals surface area contributed by atoms with Crippen molar-refractivity contribution in [3.8, 4) is 0 Å². The van der Waals surface area contributed by atoms with Gasteiger partial charge in [-0.2, -0.15) is 0 Å². The van der Waals surface area contributed by atoms with Gasteiger partial charge in [0, 0.05) is 31.7 Å². The topological polar surface area (TPSA) is 66.6 Å². The molecule has 3 N–H and O–H groups in total. The van der Waals surface area contributed by atoms with Gasteiger partial charge in [-0.3, -0.25) is 4.79 Å². The molecule has 0 spiro atoms. The van der Waals surface area contributed by atoms with Crippen molar-refractivity contribution in [2.45, 2.75) is 64.0 Å². The number of hydrogen-bond acceptors (Lipinski definition) is 3. The van der Waals surface area contributed by atoms with Crippen molar-refractivity contribution in [2.24, 2.45) is 5.73 Å². The molecule has 2 unspecified atom stereocenters. The third-order valence-electron chi connectivity index (χ3n) is 3.51. The van der Waals surface area contributed by atoms with Gasteiger partial charge in [0.1, 0.15) is 0 Å². The molecule has 1 aliphatic heterocycles. The minimum absolute atomic E-state index is 0.01000. The minimum Gasteiger partial charge on any atom is -0.396 e. The molecule has 1 heterocycles. The van der Waals surface area contributed by atoms with E-state index in [9.17, 15) is 4.79 Å². The maximum absolute atomic E-state index is 12.1. The minimum atomic E-state index is -0.01000. The van der Waals surface area contributed by atoms with Crippen molar-refractivity contribution >= 4 is 5.91 Å². The van der Waals surface area contributed by atoms with Gasteiger partial charge < -0.3 is 15.7 Å². The number of hydrogen-bond donors (Lipinski definition) is 2. The van der Waals surface area contributed by atoms with Gasteiger partial charge in [0.15, 0.2) is 0 Å². The van der Waals surface area contributed by atoms with Gasteiger partial charge in [0.25, 0.3) is 0 Å². The molecule has 1 fully saturated rings. The lowest BCUT2D eigenvalue weighted by Gasteiger charge is -2.36. The SMILES string of the molecule is CCCC(N)CC(=O)N1CCCCC1CCO. The van der Waals surface area contributed by atoms with Gasteiger partial charge in [0.2, 0.25) is 5.91 Å². The van der Waals surface area contributed by atoms with Crippen LogP contribution in [0.3, 0.4) is 0 Å². The molecule has 0 radical (unpaired) electrons. The first-order valence-corrected chi connectivity index (χ1v) is 6.85. The molecule has 1 rings (SSSR count). The Labute approximate surface area is 104 Å². The number of aliphatic hydroxyl groups excluding tert-OH is 1. The highest BCUT2D eigenvalue weighted by Crippen LogP contribution is 2.20. The molecule has 4 heteroatoms. The fourth-order valence-corrected chi connectivity index (χ4v) is 2.59. The van der Waals surface area contributed by atoms with Gasteiger partial charge in [-0.25, -0.2) is 0 Å². The first-order valence-electron chi connectivity index (χ1n) is 6.85. The predicted octanol–water partition coefficient (Wildman–Crippen LogP) is 1.27. The van der Waals surface area contributed by atoms with Crippen LogP contribution in [0, 0.1) is 0 Å². The predicted molar refractivity (Wildman–Crippen MR) is 68.6 cm³/mol. The average Bonchev–Trinajstić information content (AvgIpc) is 2.30. The number of nitrogens with two attached hydrogens (primary N) is 1. The van der Waals surface area contributed by atoms with Crippen LogP contribution in [0.1, 0.15) is 51.9 Å². The van der Waals surface area contributed by atoms with Crippen LogP contribution in [0.25, 0.3) is 0 Å². The highest BCUT2D eigenvalue weighted by Gasteiger charge is 2.26. The van der Waals surface area contributed by atoms with Gasteiger partial charge in [-0.05, 0) is 32.1 Å². The normalized spacial score (nSPS) is 22.5. The zero-order valence-electron chi connectivity index (χ0n) is 10.9. The van der Waals surface area contributed by atoms with Crippen LogP contribution >= 0.6 is 0 Å². The van der Waals surface area contributed by atoms with Crippen LogP contribution in [-0.4, -0.2) is 41.1 Å². The molecule has 0 aromatic rings. The average molecular weight is 242 g/mol. The molecule has 1 amide bonds. The summed E-state index contributed by atoms with van der Waals surface area (Å²) in [6, 6.07) is 0.222. The summed E-state index contributed by atoms with van der Waals surface area (Å²) in [6.45, 7) is 3.08. The number of aliphatic hydroxyl groups is 1. The Bertz CT molecular complexity index is 231. The smallest absolute Gasteiger partial charge is 0.224 e. The van der Waals surface area contributed by atoms with Crippen molar-refractivity contribution in [3.05, 3.63) is 0 Å². The molecule has 4 nitrogen and oxygen atoms in total. The summed E-state index contributed by atoms with van der Waals surface area (Å²) in [7, 11) is 0. The van der Waals surface area contributed by atoms with Crippen molar-refractivity contribution in [1.29, 1.82) is 0 Å². The molecule has 0 aromatic heterocycles. The Morgan fingerprint density at radius 3 is 2.94 bits per heavy atom. The number of rotatable bonds is 6. The molecule has 0 bridgehead atoms. The van der Waals surface area contributed by atoms with Crippen LogP contribution in [-0.2, 0) is 4.79 Å². The van der Waals surface area contributed by atoms with E-state index in [4.69, 9.17) is 10.8 Å². The number of carbonyl (C=O) groups excluding carboxylic acids is 1. The second-order valence-electron chi connectivity index (χ2n) is 5.00. The Kier molecular flexibility index (Phi) is 6.52. The van der Waals surface area contributed by atoms with Crippen molar-refractivity contribution < 1.29 is 9.90 Å². The third kappa shape index (κ3) is 4.64. The summed E-state index contributed by atoms with van der Waals surface area (Å²) in [5, 5.41) is 9.02.